The molecule has 2 aromatic rings. The number of ether oxygens (including phenoxy) is 1. The van der Waals surface area contributed by atoms with E-state index in [1.807, 2.05) is 5.43 Å². The van der Waals surface area contributed by atoms with E-state index in [-0.39, 0.29) is 23.7 Å². The van der Waals surface area contributed by atoms with Crippen LogP contribution in [-0.4, -0.2) is 11.8 Å². The predicted octanol–water partition coefficient (Wildman–Crippen LogP) is 0.700. The maximum atomic E-state index is 13.5. The molecule has 2 rings (SSSR count). The Labute approximate surface area is 118 Å². The van der Waals surface area contributed by atoms with Crippen molar-refractivity contribution in [3.8, 4) is 5.75 Å². The van der Waals surface area contributed by atoms with Gasteiger partial charge in [-0.1, -0.05) is 6.07 Å². The van der Waals surface area contributed by atoms with Crippen LogP contribution in [0.1, 0.15) is 26.7 Å². The molecule has 1 aromatic heterocycles. The fourth-order valence-corrected chi connectivity index (χ4v) is 1.66. The number of rotatable bonds is 5. The lowest BCUT2D eigenvalue weighted by molar-refractivity contribution is 0.0921. The minimum Gasteiger partial charge on any atom is -0.485 e. The van der Waals surface area contributed by atoms with Crippen molar-refractivity contribution < 1.29 is 23.1 Å². The van der Waals surface area contributed by atoms with Crippen LogP contribution in [0.15, 0.2) is 34.7 Å². The lowest BCUT2D eigenvalue weighted by atomic mass is 10.2. The molecule has 1 heterocycles. The Morgan fingerprint density at radius 2 is 2.05 bits per heavy atom. The van der Waals surface area contributed by atoms with Crippen molar-refractivity contribution in [2.45, 2.75) is 6.61 Å². The van der Waals surface area contributed by atoms with E-state index in [1.165, 1.54) is 24.3 Å². The van der Waals surface area contributed by atoms with Crippen LogP contribution in [-0.2, 0) is 6.61 Å². The first-order valence-corrected chi connectivity index (χ1v) is 5.83. The quantitative estimate of drug-likeness (QED) is 0.425. The average molecular weight is 293 g/mol. The fraction of sp³-hybridized carbons (Fsp3) is 0.0769. The summed E-state index contributed by atoms with van der Waals surface area (Å²) in [4.78, 5) is 22.4. The first-order chi connectivity index (χ1) is 10.0. The molecule has 1 aromatic carbocycles. The normalized spacial score (nSPS) is 10.2. The number of hydrazine groups is 1. The van der Waals surface area contributed by atoms with Crippen LogP contribution in [0.25, 0.3) is 0 Å². The molecule has 7 nitrogen and oxygen atoms in total. The summed E-state index contributed by atoms with van der Waals surface area (Å²) in [7, 11) is 0. The van der Waals surface area contributed by atoms with Crippen LogP contribution in [0.4, 0.5) is 4.39 Å². The van der Waals surface area contributed by atoms with Crippen LogP contribution >= 0.6 is 0 Å². The summed E-state index contributed by atoms with van der Waals surface area (Å²) in [5.41, 5.74) is 6.67. The van der Waals surface area contributed by atoms with Gasteiger partial charge in [0, 0.05) is 0 Å². The highest BCUT2D eigenvalue weighted by Gasteiger charge is 2.16. The molecule has 2 amide bonds. The van der Waals surface area contributed by atoms with Crippen molar-refractivity contribution in [3.05, 3.63) is 53.2 Å². The molecule has 0 fully saturated rings. The molecule has 0 bridgehead atoms. The third-order valence-corrected chi connectivity index (χ3v) is 2.61. The average Bonchev–Trinajstić information content (AvgIpc) is 2.92. The van der Waals surface area contributed by atoms with Gasteiger partial charge in [0.15, 0.2) is 5.76 Å². The SMILES string of the molecule is NNC(=O)c1ccc(COc2cccc(F)c2C(N)=O)o1. The molecular formula is C13H12FN3O4. The third kappa shape index (κ3) is 3.18. The second-order valence-electron chi connectivity index (χ2n) is 4.01. The number of carbonyl (C=O) groups is 2. The van der Waals surface area contributed by atoms with Crippen molar-refractivity contribution in [3.63, 3.8) is 0 Å². The topological polar surface area (TPSA) is 121 Å². The zero-order chi connectivity index (χ0) is 15.4. The lowest BCUT2D eigenvalue weighted by Crippen LogP contribution is -2.29. The molecule has 0 aliphatic carbocycles. The largest absolute Gasteiger partial charge is 0.485 e. The summed E-state index contributed by atoms with van der Waals surface area (Å²) in [6, 6.07) is 6.78. The number of carbonyl (C=O) groups excluding carboxylic acids is 2. The van der Waals surface area contributed by atoms with E-state index < -0.39 is 17.6 Å². The van der Waals surface area contributed by atoms with Crippen LogP contribution in [0.2, 0.25) is 0 Å². The molecule has 8 heteroatoms. The van der Waals surface area contributed by atoms with Gasteiger partial charge in [-0.25, -0.2) is 10.2 Å². The van der Waals surface area contributed by atoms with Crippen molar-refractivity contribution in [2.24, 2.45) is 11.6 Å². The Morgan fingerprint density at radius 1 is 1.29 bits per heavy atom. The highest BCUT2D eigenvalue weighted by atomic mass is 19.1. The number of furan rings is 1. The Kier molecular flexibility index (Phi) is 4.19. The van der Waals surface area contributed by atoms with Crippen LogP contribution in [0.3, 0.4) is 0 Å². The van der Waals surface area contributed by atoms with Gasteiger partial charge in [0.2, 0.25) is 0 Å². The predicted molar refractivity (Wildman–Crippen MR) is 69.6 cm³/mol. The van der Waals surface area contributed by atoms with Crippen molar-refractivity contribution >= 4 is 11.8 Å². The van der Waals surface area contributed by atoms with Crippen molar-refractivity contribution in [1.29, 1.82) is 0 Å². The fourth-order valence-electron chi connectivity index (χ4n) is 1.66. The van der Waals surface area contributed by atoms with Gasteiger partial charge in [0.25, 0.3) is 5.91 Å². The smallest absolute Gasteiger partial charge is 0.300 e. The summed E-state index contributed by atoms with van der Waals surface area (Å²) in [5, 5.41) is 0. The molecule has 0 saturated carbocycles. The standard InChI is InChI=1S/C13H12FN3O4/c14-8-2-1-3-9(11(8)12(15)18)20-6-7-4-5-10(21-7)13(19)17-16/h1-5H,6,16H2,(H2,15,18)(H,17,19). The summed E-state index contributed by atoms with van der Waals surface area (Å²) < 4.78 is 24.0. The van der Waals surface area contributed by atoms with Gasteiger partial charge in [-0.15, -0.1) is 0 Å². The van der Waals surface area contributed by atoms with Gasteiger partial charge in [-0.05, 0) is 24.3 Å². The first-order valence-electron chi connectivity index (χ1n) is 5.83. The van der Waals surface area contributed by atoms with Gasteiger partial charge >= 0.3 is 5.91 Å². The van der Waals surface area contributed by atoms with E-state index in [2.05, 4.69) is 0 Å². The number of nitrogens with one attached hydrogen (secondary N) is 1. The monoisotopic (exact) mass is 293 g/mol. The molecule has 0 saturated heterocycles. The van der Waals surface area contributed by atoms with E-state index in [0.717, 1.165) is 6.07 Å². The van der Waals surface area contributed by atoms with Gasteiger partial charge in [-0.3, -0.25) is 15.0 Å². The van der Waals surface area contributed by atoms with E-state index in [4.69, 9.17) is 20.7 Å². The minimum absolute atomic E-state index is 0.00506. The molecule has 0 aliphatic rings. The van der Waals surface area contributed by atoms with Crippen molar-refractivity contribution in [2.75, 3.05) is 0 Å². The molecule has 0 unspecified atom stereocenters. The van der Waals surface area contributed by atoms with Crippen LogP contribution in [0.5, 0.6) is 5.75 Å². The van der Waals surface area contributed by atoms with E-state index in [1.54, 1.807) is 0 Å². The molecule has 0 aliphatic heterocycles. The molecule has 0 spiro atoms. The molecule has 5 N–H and O–H groups in total. The van der Waals surface area contributed by atoms with Gasteiger partial charge in [0.05, 0.1) is 0 Å². The number of hydrogen-bond donors (Lipinski definition) is 3. The second kappa shape index (κ2) is 6.06. The molecular weight excluding hydrogens is 281 g/mol. The van der Waals surface area contributed by atoms with Crippen molar-refractivity contribution in [1.82, 2.24) is 5.43 Å². The minimum atomic E-state index is -0.939. The second-order valence-corrected chi connectivity index (χ2v) is 4.01. The number of halogens is 1. The zero-order valence-corrected chi connectivity index (χ0v) is 10.8. The number of hydrogen-bond acceptors (Lipinski definition) is 5. The van der Waals surface area contributed by atoms with Gasteiger partial charge in [0.1, 0.15) is 29.5 Å². The van der Waals surface area contributed by atoms with Gasteiger partial charge < -0.3 is 14.9 Å². The maximum absolute atomic E-state index is 13.5. The van der Waals surface area contributed by atoms with E-state index >= 15 is 0 Å². The third-order valence-electron chi connectivity index (χ3n) is 2.61. The number of amides is 2. The molecule has 0 atom stereocenters. The van der Waals surface area contributed by atoms with E-state index in [0.29, 0.717) is 5.76 Å². The lowest BCUT2D eigenvalue weighted by Gasteiger charge is -2.08. The van der Waals surface area contributed by atoms with E-state index in [9.17, 15) is 14.0 Å². The molecule has 110 valence electrons. The maximum Gasteiger partial charge on any atom is 0.300 e. The first kappa shape index (κ1) is 14.5. The van der Waals surface area contributed by atoms with Gasteiger partial charge in [-0.2, -0.15) is 0 Å². The van der Waals surface area contributed by atoms with Crippen LogP contribution < -0.4 is 21.7 Å². The number of nitrogen functional groups attached to an aromatic ring is 1. The molecule has 0 radical (unpaired) electrons. The van der Waals surface area contributed by atoms with Crippen LogP contribution in [0, 0.1) is 5.82 Å². The summed E-state index contributed by atoms with van der Waals surface area (Å²) in [5.74, 6) is 2.95. The Bertz CT molecular complexity index is 684. The Morgan fingerprint density at radius 3 is 2.71 bits per heavy atom. The number of primary amides is 1. The summed E-state index contributed by atoms with van der Waals surface area (Å²) in [6.07, 6.45) is 0. The number of benzene rings is 1. The Hall–Kier alpha value is -2.87. The highest BCUT2D eigenvalue weighted by molar-refractivity contribution is 5.95. The highest BCUT2D eigenvalue weighted by Crippen LogP contribution is 2.22. The number of nitrogens with two attached hydrogens (primary N) is 2. The summed E-state index contributed by atoms with van der Waals surface area (Å²) in [6.45, 7) is -0.110. The Balaban J connectivity index is 2.13. The molecule has 21 heavy (non-hydrogen) atoms. The zero-order valence-electron chi connectivity index (χ0n) is 10.8. The summed E-state index contributed by atoms with van der Waals surface area (Å²) >= 11 is 0.